The highest BCUT2D eigenvalue weighted by molar-refractivity contribution is 5.95. The Morgan fingerprint density at radius 2 is 0.864 bits per heavy atom. The highest BCUT2D eigenvalue weighted by atomic mass is 15.0. The summed E-state index contributed by atoms with van der Waals surface area (Å²) in [5, 5.41) is 2.69. The van der Waals surface area contributed by atoms with E-state index in [0.29, 0.717) is 23.5 Å². The molecule has 4 saturated carbocycles. The molecule has 14 rings (SSSR count). The Bertz CT molecular complexity index is 3000. The Hall–Kier alpha value is -6.19. The van der Waals surface area contributed by atoms with E-state index < -0.39 is 0 Å². The number of hydrogen-bond acceptors (Lipinski definition) is 3. The first-order valence-electron chi connectivity index (χ1n) is 21.8. The molecule has 7 aromatic carbocycles. The molecule has 3 nitrogen and oxygen atoms in total. The maximum atomic E-state index is 5.31. The minimum Gasteiger partial charge on any atom is -0.208 e. The predicted octanol–water partition coefficient (Wildman–Crippen LogP) is 13.7. The molecule has 0 N–H and O–H groups in total. The minimum atomic E-state index is -0.0405. The van der Waals surface area contributed by atoms with Gasteiger partial charge in [0, 0.05) is 27.5 Å². The van der Waals surface area contributed by atoms with Crippen molar-refractivity contribution in [2.24, 2.45) is 23.7 Å². The van der Waals surface area contributed by atoms with Gasteiger partial charge in [0.05, 0.1) is 0 Å². The highest BCUT2D eigenvalue weighted by Gasteiger charge is 2.61. The standard InChI is InChI=1S/C56H45N3/c1-55(2)48-15-9-8-14-44(48)45-22-20-40(30-49(45)55)35-16-18-37(19-17-35)53-57-52(36-10-4-3-5-11-36)58-54(59-53)41-21-23-46-47-29-38-12-6-7-13-39(38)31-51(47)56(50(46)32-41)42-25-33-24-34(27-42)28-43(56)26-33/h3-23,29-34,42-43H,24-28H2,1-2H3. The molecule has 0 aliphatic heterocycles. The summed E-state index contributed by atoms with van der Waals surface area (Å²) >= 11 is 0. The molecule has 284 valence electrons. The van der Waals surface area contributed by atoms with Gasteiger partial charge in [0.25, 0.3) is 0 Å². The van der Waals surface area contributed by atoms with Gasteiger partial charge in [-0.2, -0.15) is 0 Å². The summed E-state index contributed by atoms with van der Waals surface area (Å²) in [5.74, 6) is 5.26. The molecule has 1 heterocycles. The van der Waals surface area contributed by atoms with Crippen molar-refractivity contribution >= 4 is 10.8 Å². The molecule has 1 aromatic heterocycles. The largest absolute Gasteiger partial charge is 0.208 e. The maximum absolute atomic E-state index is 5.31. The summed E-state index contributed by atoms with van der Waals surface area (Å²) in [6.45, 7) is 4.69. The molecular formula is C56H45N3. The van der Waals surface area contributed by atoms with Crippen molar-refractivity contribution in [3.63, 3.8) is 0 Å². The molecule has 8 aromatic rings. The third-order valence-corrected chi connectivity index (χ3v) is 15.5. The lowest BCUT2D eigenvalue weighted by Crippen LogP contribution is -2.55. The molecule has 6 aliphatic carbocycles. The molecule has 0 unspecified atom stereocenters. The normalized spacial score (nSPS) is 23.6. The number of nitrogens with zero attached hydrogens (tertiary/aromatic N) is 3. The van der Waals surface area contributed by atoms with Crippen LogP contribution in [-0.4, -0.2) is 15.0 Å². The van der Waals surface area contributed by atoms with Crippen LogP contribution in [0.1, 0.15) is 68.2 Å². The lowest BCUT2D eigenvalue weighted by molar-refractivity contribution is -0.0398. The molecular weight excluding hydrogens is 715 g/mol. The van der Waals surface area contributed by atoms with Crippen molar-refractivity contribution in [2.45, 2.75) is 56.8 Å². The average Bonchev–Trinajstić information content (AvgIpc) is 3.68. The van der Waals surface area contributed by atoms with Crippen LogP contribution in [0.3, 0.4) is 0 Å². The molecule has 1 spiro atoms. The molecule has 0 radical (unpaired) electrons. The smallest absolute Gasteiger partial charge is 0.164 e. The van der Waals surface area contributed by atoms with Gasteiger partial charge in [0.15, 0.2) is 17.5 Å². The monoisotopic (exact) mass is 759 g/mol. The van der Waals surface area contributed by atoms with Crippen LogP contribution in [0.4, 0.5) is 0 Å². The second-order valence-electron chi connectivity index (χ2n) is 18.9. The zero-order chi connectivity index (χ0) is 39.0. The number of aromatic nitrogens is 3. The van der Waals surface area contributed by atoms with Crippen molar-refractivity contribution < 1.29 is 0 Å². The Morgan fingerprint density at radius 1 is 0.373 bits per heavy atom. The lowest BCUT2D eigenvalue weighted by atomic mass is 9.43. The SMILES string of the molecule is CC1(C)c2ccccc2-c2ccc(-c3ccc(-c4nc(-c5ccccc5)nc(-c5ccc6c(c5)C5(c7cc8ccccc8cc7-6)C6CC7CC(C6)CC5C7)n4)cc3)cc21. The van der Waals surface area contributed by atoms with Crippen LogP contribution in [0.25, 0.3) is 78.3 Å². The first-order valence-corrected chi connectivity index (χ1v) is 21.8. The fraction of sp³-hybridized carbons (Fsp3) is 0.232. The van der Waals surface area contributed by atoms with E-state index in [9.17, 15) is 0 Å². The van der Waals surface area contributed by atoms with E-state index in [1.165, 1.54) is 92.9 Å². The first kappa shape index (κ1) is 33.7. The Labute approximate surface area is 346 Å². The van der Waals surface area contributed by atoms with E-state index in [4.69, 9.17) is 15.0 Å². The van der Waals surface area contributed by atoms with Crippen molar-refractivity contribution in [1.82, 2.24) is 15.0 Å². The number of benzene rings is 7. The molecule has 6 aliphatic rings. The van der Waals surface area contributed by atoms with Crippen LogP contribution in [0, 0.1) is 23.7 Å². The van der Waals surface area contributed by atoms with E-state index in [1.54, 1.807) is 5.56 Å². The topological polar surface area (TPSA) is 38.7 Å². The number of fused-ring (bicyclic) bond motifs is 7. The molecule has 3 heteroatoms. The van der Waals surface area contributed by atoms with E-state index in [0.717, 1.165) is 34.4 Å². The van der Waals surface area contributed by atoms with E-state index in [2.05, 4.69) is 166 Å². The van der Waals surface area contributed by atoms with Crippen LogP contribution >= 0.6 is 0 Å². The van der Waals surface area contributed by atoms with E-state index in [-0.39, 0.29) is 10.8 Å². The van der Waals surface area contributed by atoms with Crippen molar-refractivity contribution in [3.05, 3.63) is 174 Å². The summed E-state index contributed by atoms with van der Waals surface area (Å²) in [6, 6.07) is 56.2. The van der Waals surface area contributed by atoms with Gasteiger partial charge in [-0.05, 0) is 146 Å². The van der Waals surface area contributed by atoms with Gasteiger partial charge < -0.3 is 0 Å². The molecule has 4 bridgehead atoms. The van der Waals surface area contributed by atoms with Gasteiger partial charge in [-0.25, -0.2) is 15.0 Å². The summed E-state index contributed by atoms with van der Waals surface area (Å²) < 4.78 is 0. The first-order chi connectivity index (χ1) is 28.9. The summed E-state index contributed by atoms with van der Waals surface area (Å²) in [4.78, 5) is 15.7. The number of rotatable bonds is 4. The summed E-state index contributed by atoms with van der Waals surface area (Å²) in [7, 11) is 0. The molecule has 0 atom stereocenters. The second kappa shape index (κ2) is 12.2. The number of hydrogen-bond donors (Lipinski definition) is 0. The average molecular weight is 760 g/mol. The predicted molar refractivity (Wildman–Crippen MR) is 240 cm³/mol. The van der Waals surface area contributed by atoms with Crippen molar-refractivity contribution in [3.8, 4) is 67.5 Å². The molecule has 4 fully saturated rings. The Morgan fingerprint density at radius 3 is 1.58 bits per heavy atom. The molecule has 59 heavy (non-hydrogen) atoms. The van der Waals surface area contributed by atoms with Crippen molar-refractivity contribution in [1.29, 1.82) is 0 Å². The van der Waals surface area contributed by atoms with Crippen molar-refractivity contribution in [2.75, 3.05) is 0 Å². The Kier molecular flexibility index (Phi) is 6.96. The summed E-state index contributed by atoms with van der Waals surface area (Å²) in [5.41, 5.74) is 16.9. The van der Waals surface area contributed by atoms with Crippen LogP contribution in [0.2, 0.25) is 0 Å². The van der Waals surface area contributed by atoms with E-state index in [1.807, 2.05) is 0 Å². The highest BCUT2D eigenvalue weighted by Crippen LogP contribution is 2.69. The van der Waals surface area contributed by atoms with Gasteiger partial charge in [-0.1, -0.05) is 141 Å². The van der Waals surface area contributed by atoms with Crippen LogP contribution < -0.4 is 0 Å². The van der Waals surface area contributed by atoms with Gasteiger partial charge in [0.1, 0.15) is 0 Å². The summed E-state index contributed by atoms with van der Waals surface area (Å²) in [6.07, 6.45) is 6.85. The molecule has 0 saturated heterocycles. The second-order valence-corrected chi connectivity index (χ2v) is 18.9. The fourth-order valence-electron chi connectivity index (χ4n) is 13.1. The van der Waals surface area contributed by atoms with Gasteiger partial charge in [-0.3, -0.25) is 0 Å². The minimum absolute atomic E-state index is 0.0405. The quantitative estimate of drug-likeness (QED) is 0.179. The van der Waals surface area contributed by atoms with Gasteiger partial charge >= 0.3 is 0 Å². The molecule has 0 amide bonds. The third kappa shape index (κ3) is 4.79. The van der Waals surface area contributed by atoms with Crippen LogP contribution in [0.15, 0.2) is 152 Å². The Balaban J connectivity index is 0.930. The van der Waals surface area contributed by atoms with Crippen LogP contribution in [0.5, 0.6) is 0 Å². The van der Waals surface area contributed by atoms with Crippen LogP contribution in [-0.2, 0) is 10.8 Å². The van der Waals surface area contributed by atoms with Gasteiger partial charge in [-0.15, -0.1) is 0 Å². The zero-order valence-corrected chi connectivity index (χ0v) is 33.6. The van der Waals surface area contributed by atoms with Gasteiger partial charge in [0.2, 0.25) is 0 Å². The fourth-order valence-corrected chi connectivity index (χ4v) is 13.1. The van der Waals surface area contributed by atoms with E-state index >= 15 is 0 Å². The third-order valence-electron chi connectivity index (χ3n) is 15.5. The lowest BCUT2D eigenvalue weighted by Gasteiger charge is -2.61. The maximum Gasteiger partial charge on any atom is 0.164 e. The zero-order valence-electron chi connectivity index (χ0n) is 33.6.